The van der Waals surface area contributed by atoms with Gasteiger partial charge >= 0.3 is 0 Å². The number of nitriles is 1. The van der Waals surface area contributed by atoms with Crippen LogP contribution >= 0.6 is 0 Å². The van der Waals surface area contributed by atoms with Gasteiger partial charge in [-0.1, -0.05) is 7.43 Å². The van der Waals surface area contributed by atoms with E-state index in [0.717, 1.165) is 5.56 Å². The Morgan fingerprint density at radius 2 is 1.44 bits per heavy atom. The van der Waals surface area contributed by atoms with Crippen molar-refractivity contribution in [3.05, 3.63) is 59.2 Å². The molecule has 0 spiro atoms. The molecule has 0 aliphatic heterocycles. The average Bonchev–Trinajstić information content (AvgIpc) is 2.57. The van der Waals surface area contributed by atoms with Crippen LogP contribution < -0.4 is 15.2 Å². The Morgan fingerprint density at radius 3 is 1.88 bits per heavy atom. The van der Waals surface area contributed by atoms with Gasteiger partial charge in [0.05, 0.1) is 26.7 Å². The number of ether oxygens (including phenoxy) is 2. The van der Waals surface area contributed by atoms with Crippen molar-refractivity contribution in [2.45, 2.75) is 20.3 Å². The smallest absolute Gasteiger partial charge is 0.123 e. The summed E-state index contributed by atoms with van der Waals surface area (Å²) >= 11 is 0. The van der Waals surface area contributed by atoms with E-state index in [1.807, 2.05) is 6.07 Å². The second-order valence-corrected chi connectivity index (χ2v) is 4.79. The van der Waals surface area contributed by atoms with Crippen molar-refractivity contribution in [2.75, 3.05) is 20.8 Å². The quantitative estimate of drug-likeness (QED) is 0.889. The van der Waals surface area contributed by atoms with E-state index in [0.29, 0.717) is 30.0 Å². The highest BCUT2D eigenvalue weighted by molar-refractivity contribution is 5.35. The fourth-order valence-electron chi connectivity index (χ4n) is 2.07. The SMILES string of the molecule is C.COc1ccc(F)cc1CC#N.COc1ccc(F)cc1CCN. The van der Waals surface area contributed by atoms with Gasteiger partial charge in [-0.25, -0.2) is 8.78 Å². The third kappa shape index (κ3) is 7.19. The summed E-state index contributed by atoms with van der Waals surface area (Å²) in [6.07, 6.45) is 0.807. The number of nitrogens with two attached hydrogens (primary N) is 1. The van der Waals surface area contributed by atoms with Crippen molar-refractivity contribution in [1.29, 1.82) is 5.26 Å². The van der Waals surface area contributed by atoms with Gasteiger partial charge in [-0.2, -0.15) is 5.26 Å². The fourth-order valence-corrected chi connectivity index (χ4v) is 2.07. The van der Waals surface area contributed by atoms with Gasteiger partial charge in [-0.05, 0) is 54.9 Å². The van der Waals surface area contributed by atoms with Crippen LogP contribution in [-0.2, 0) is 12.8 Å². The van der Waals surface area contributed by atoms with Gasteiger partial charge in [-0.15, -0.1) is 0 Å². The number of halogens is 2. The first kappa shape index (κ1) is 22.4. The van der Waals surface area contributed by atoms with Crippen LogP contribution in [0.25, 0.3) is 0 Å². The predicted molar refractivity (Wildman–Crippen MR) is 94.7 cm³/mol. The fraction of sp³-hybridized carbons (Fsp3) is 0.316. The van der Waals surface area contributed by atoms with Gasteiger partial charge in [-0.3, -0.25) is 0 Å². The molecule has 0 aliphatic carbocycles. The number of benzene rings is 2. The largest absolute Gasteiger partial charge is 0.496 e. The maximum Gasteiger partial charge on any atom is 0.123 e. The van der Waals surface area contributed by atoms with E-state index < -0.39 is 0 Å². The van der Waals surface area contributed by atoms with Gasteiger partial charge < -0.3 is 15.2 Å². The number of methoxy groups -OCH3 is 2. The first-order valence-corrected chi connectivity index (χ1v) is 7.27. The van der Waals surface area contributed by atoms with Gasteiger partial charge in [0.1, 0.15) is 23.1 Å². The maximum atomic E-state index is 12.7. The molecule has 0 bridgehead atoms. The molecule has 2 aromatic carbocycles. The first-order chi connectivity index (χ1) is 11.5. The molecule has 2 rings (SSSR count). The van der Waals surface area contributed by atoms with Gasteiger partial charge in [0.2, 0.25) is 0 Å². The summed E-state index contributed by atoms with van der Waals surface area (Å²) in [5.41, 5.74) is 6.76. The molecule has 0 fully saturated rings. The first-order valence-electron chi connectivity index (χ1n) is 7.27. The molecule has 0 atom stereocenters. The minimum atomic E-state index is -0.346. The third-order valence-electron chi connectivity index (χ3n) is 3.17. The van der Waals surface area contributed by atoms with Crippen molar-refractivity contribution in [1.82, 2.24) is 0 Å². The molecular formula is C19H24F2N2O2. The minimum absolute atomic E-state index is 0. The van der Waals surface area contributed by atoms with Gasteiger partial charge in [0.15, 0.2) is 0 Å². The molecule has 0 amide bonds. The molecule has 2 N–H and O–H groups in total. The molecule has 0 saturated heterocycles. The van der Waals surface area contributed by atoms with Crippen molar-refractivity contribution in [2.24, 2.45) is 5.73 Å². The van der Waals surface area contributed by atoms with E-state index in [1.54, 1.807) is 13.2 Å². The highest BCUT2D eigenvalue weighted by atomic mass is 19.1. The molecule has 0 radical (unpaired) electrons. The Morgan fingerprint density at radius 1 is 0.960 bits per heavy atom. The van der Waals surface area contributed by atoms with E-state index in [2.05, 4.69) is 0 Å². The Labute approximate surface area is 147 Å². The van der Waals surface area contributed by atoms with Crippen LogP contribution in [0.4, 0.5) is 8.78 Å². The van der Waals surface area contributed by atoms with Crippen LogP contribution in [-0.4, -0.2) is 20.8 Å². The summed E-state index contributed by atoms with van der Waals surface area (Å²) in [6.45, 7) is 0.500. The molecule has 0 heterocycles. The second kappa shape index (κ2) is 11.8. The maximum absolute atomic E-state index is 12.7. The molecule has 6 heteroatoms. The lowest BCUT2D eigenvalue weighted by atomic mass is 10.1. The topological polar surface area (TPSA) is 68.3 Å². The highest BCUT2D eigenvalue weighted by Gasteiger charge is 2.03. The van der Waals surface area contributed by atoms with Gasteiger partial charge in [0.25, 0.3) is 0 Å². The zero-order valence-corrected chi connectivity index (χ0v) is 13.7. The van der Waals surface area contributed by atoms with Crippen LogP contribution in [0.2, 0.25) is 0 Å². The molecule has 136 valence electrons. The summed E-state index contributed by atoms with van der Waals surface area (Å²) in [7, 11) is 3.06. The van der Waals surface area contributed by atoms with E-state index in [-0.39, 0.29) is 25.5 Å². The van der Waals surface area contributed by atoms with E-state index in [4.69, 9.17) is 20.5 Å². The molecule has 25 heavy (non-hydrogen) atoms. The number of nitrogens with zero attached hydrogens (tertiary/aromatic N) is 1. The number of rotatable bonds is 5. The summed E-state index contributed by atoms with van der Waals surface area (Å²) in [4.78, 5) is 0. The Hall–Kier alpha value is -2.65. The third-order valence-corrected chi connectivity index (χ3v) is 3.17. The van der Waals surface area contributed by atoms with Crippen LogP contribution in [0.5, 0.6) is 11.5 Å². The monoisotopic (exact) mass is 350 g/mol. The van der Waals surface area contributed by atoms with Crippen LogP contribution in [0.15, 0.2) is 36.4 Å². The van der Waals surface area contributed by atoms with Crippen LogP contribution in [0, 0.1) is 23.0 Å². The summed E-state index contributed by atoms with van der Waals surface area (Å²) in [5, 5.41) is 8.40. The van der Waals surface area contributed by atoms with Crippen molar-refractivity contribution < 1.29 is 18.3 Å². The van der Waals surface area contributed by atoms with Crippen LogP contribution in [0.3, 0.4) is 0 Å². The second-order valence-electron chi connectivity index (χ2n) is 4.79. The lowest BCUT2D eigenvalue weighted by Gasteiger charge is -2.06. The average molecular weight is 350 g/mol. The van der Waals surface area contributed by atoms with E-state index in [1.165, 1.54) is 37.4 Å². The molecule has 0 unspecified atom stereocenters. The lowest BCUT2D eigenvalue weighted by molar-refractivity contribution is 0.408. The van der Waals surface area contributed by atoms with Gasteiger partial charge in [0, 0.05) is 5.56 Å². The summed E-state index contributed by atoms with van der Waals surface area (Å²) in [6, 6.07) is 10.5. The molecule has 0 saturated carbocycles. The predicted octanol–water partition coefficient (Wildman–Crippen LogP) is 3.87. The molecule has 2 aromatic rings. The zero-order valence-electron chi connectivity index (χ0n) is 13.7. The standard InChI is InChI=1S/C9H12FNO.C9H8FNO.CH4/c2*1-12-9-3-2-8(10)6-7(9)4-5-11;/h2-3,6H,4-5,11H2,1H3;2-3,6H,4H2,1H3;1H4. The number of hydrogen-bond donors (Lipinski definition) is 1. The molecular weight excluding hydrogens is 326 g/mol. The van der Waals surface area contributed by atoms with Crippen molar-refractivity contribution in [3.8, 4) is 17.6 Å². The minimum Gasteiger partial charge on any atom is -0.496 e. The molecule has 0 aromatic heterocycles. The number of hydrogen-bond acceptors (Lipinski definition) is 4. The summed E-state index contributed by atoms with van der Waals surface area (Å²) in [5.74, 6) is 0.653. The van der Waals surface area contributed by atoms with E-state index >= 15 is 0 Å². The lowest BCUT2D eigenvalue weighted by Crippen LogP contribution is -2.04. The Balaban J connectivity index is 0.000000443. The Kier molecular flexibility index (Phi) is 10.6. The highest BCUT2D eigenvalue weighted by Crippen LogP contribution is 2.19. The normalized spacial score (nSPS) is 9.12. The van der Waals surface area contributed by atoms with Crippen LogP contribution in [0.1, 0.15) is 18.6 Å². The molecule has 4 nitrogen and oxygen atoms in total. The van der Waals surface area contributed by atoms with Crippen molar-refractivity contribution >= 4 is 0 Å². The summed E-state index contributed by atoms with van der Waals surface area (Å²) < 4.78 is 35.3. The zero-order chi connectivity index (χ0) is 17.9. The Bertz CT molecular complexity index is 700. The molecule has 0 aliphatic rings. The van der Waals surface area contributed by atoms with E-state index in [9.17, 15) is 8.78 Å². The van der Waals surface area contributed by atoms with Crippen molar-refractivity contribution in [3.63, 3.8) is 0 Å².